The van der Waals surface area contributed by atoms with Gasteiger partial charge in [-0.1, -0.05) is 78.9 Å². The lowest BCUT2D eigenvalue weighted by Crippen LogP contribution is -2.33. The van der Waals surface area contributed by atoms with Crippen LogP contribution in [-0.2, 0) is 29.1 Å². The monoisotopic (exact) mass is 398 g/mol. The number of fused-ring (bicyclic) bond motifs is 1. The van der Waals surface area contributed by atoms with Gasteiger partial charge in [0.25, 0.3) is 0 Å². The summed E-state index contributed by atoms with van der Waals surface area (Å²) in [6.07, 6.45) is 1.60. The van der Waals surface area contributed by atoms with Gasteiger partial charge in [-0.05, 0) is 35.6 Å². The molecule has 0 aliphatic carbocycles. The molecular weight excluding hydrogens is 372 g/mol. The van der Waals surface area contributed by atoms with E-state index in [1.807, 2.05) is 89.8 Å². The van der Waals surface area contributed by atoms with Crippen molar-refractivity contribution in [2.75, 3.05) is 5.32 Å². The molecule has 0 bridgehead atoms. The second kappa shape index (κ2) is 9.40. The minimum Gasteiger partial charge on any atom is -0.334 e. The third-order valence-corrected chi connectivity index (χ3v) is 5.60. The number of hydrogen-bond donors (Lipinski definition) is 1. The Hall–Kier alpha value is -3.40. The molecule has 0 aromatic heterocycles. The molecule has 0 saturated carbocycles. The van der Waals surface area contributed by atoms with Crippen molar-refractivity contribution in [1.82, 2.24) is 4.90 Å². The molecule has 1 aliphatic rings. The molecule has 152 valence electrons. The van der Waals surface area contributed by atoms with Gasteiger partial charge in [-0.15, -0.1) is 0 Å². The molecule has 30 heavy (non-hydrogen) atoms. The first-order valence-electron chi connectivity index (χ1n) is 10.4. The van der Waals surface area contributed by atoms with E-state index < -0.39 is 0 Å². The predicted molar refractivity (Wildman–Crippen MR) is 119 cm³/mol. The summed E-state index contributed by atoms with van der Waals surface area (Å²) in [5, 5.41) is 2.98. The molecular formula is C26H26N2O2. The van der Waals surface area contributed by atoms with Crippen LogP contribution >= 0.6 is 0 Å². The Bertz CT molecular complexity index is 960. The number of carbonyl (C=O) groups is 2. The summed E-state index contributed by atoms with van der Waals surface area (Å²) in [5.41, 5.74) is 4.23. The molecule has 2 amide bonds. The van der Waals surface area contributed by atoms with Crippen LogP contribution in [0.15, 0.2) is 84.9 Å². The second-order valence-electron chi connectivity index (χ2n) is 7.81. The highest BCUT2D eigenvalue weighted by atomic mass is 16.2. The molecule has 1 N–H and O–H groups in total. The molecule has 3 aromatic carbocycles. The Morgan fingerprint density at radius 2 is 1.40 bits per heavy atom. The van der Waals surface area contributed by atoms with Gasteiger partial charge >= 0.3 is 0 Å². The zero-order chi connectivity index (χ0) is 20.8. The summed E-state index contributed by atoms with van der Waals surface area (Å²) in [6, 6.07) is 28.0. The Morgan fingerprint density at radius 3 is 2.03 bits per heavy atom. The lowest BCUT2D eigenvalue weighted by atomic mass is 9.89. The fourth-order valence-electron chi connectivity index (χ4n) is 3.94. The van der Waals surface area contributed by atoms with Gasteiger partial charge in [0.1, 0.15) is 0 Å². The van der Waals surface area contributed by atoms with Crippen molar-refractivity contribution in [2.45, 2.75) is 32.4 Å². The van der Waals surface area contributed by atoms with Crippen molar-refractivity contribution in [1.29, 1.82) is 0 Å². The number of nitrogens with one attached hydrogen (secondary N) is 1. The minimum absolute atomic E-state index is 0.0131. The smallest absolute Gasteiger partial charge is 0.227 e. The fourth-order valence-corrected chi connectivity index (χ4v) is 3.94. The van der Waals surface area contributed by atoms with Crippen LogP contribution < -0.4 is 5.32 Å². The molecule has 3 aromatic rings. The fraction of sp³-hybridized carbons (Fsp3) is 0.231. The Balaban J connectivity index is 1.43. The summed E-state index contributed by atoms with van der Waals surface area (Å²) in [6.45, 7) is 1.13. The van der Waals surface area contributed by atoms with E-state index in [0.717, 1.165) is 22.4 Å². The van der Waals surface area contributed by atoms with Gasteiger partial charge in [0.15, 0.2) is 0 Å². The third-order valence-electron chi connectivity index (χ3n) is 5.60. The molecule has 0 saturated heterocycles. The summed E-state index contributed by atoms with van der Waals surface area (Å²) < 4.78 is 0. The summed E-state index contributed by atoms with van der Waals surface area (Å²) >= 11 is 0. The third kappa shape index (κ3) is 4.95. The van der Waals surface area contributed by atoms with E-state index in [1.165, 1.54) is 0 Å². The van der Waals surface area contributed by atoms with Crippen LogP contribution in [0.1, 0.15) is 29.5 Å². The Morgan fingerprint density at radius 1 is 0.833 bits per heavy atom. The van der Waals surface area contributed by atoms with Gasteiger partial charge in [0, 0.05) is 31.1 Å². The number of carbonyl (C=O) groups excluding carboxylic acids is 2. The first-order valence-corrected chi connectivity index (χ1v) is 10.4. The van der Waals surface area contributed by atoms with Crippen LogP contribution in [0.2, 0.25) is 0 Å². The molecule has 1 heterocycles. The van der Waals surface area contributed by atoms with Crippen LogP contribution in [0.4, 0.5) is 5.69 Å². The van der Waals surface area contributed by atoms with E-state index in [9.17, 15) is 9.59 Å². The SMILES string of the molecule is O=C1Nc2ccccc2CC1CCC(=O)N(Cc1ccccc1)Cc1ccccc1. The van der Waals surface area contributed by atoms with E-state index in [-0.39, 0.29) is 17.7 Å². The minimum atomic E-state index is -0.167. The number of hydrogen-bond acceptors (Lipinski definition) is 2. The van der Waals surface area contributed by atoms with Gasteiger partial charge in [-0.3, -0.25) is 9.59 Å². The maximum absolute atomic E-state index is 13.1. The van der Waals surface area contributed by atoms with E-state index >= 15 is 0 Å². The second-order valence-corrected chi connectivity index (χ2v) is 7.81. The topological polar surface area (TPSA) is 49.4 Å². The van der Waals surface area contributed by atoms with E-state index in [2.05, 4.69) is 5.32 Å². The summed E-state index contributed by atoms with van der Waals surface area (Å²) in [4.78, 5) is 27.5. The molecule has 1 aliphatic heterocycles. The largest absolute Gasteiger partial charge is 0.334 e. The van der Waals surface area contributed by atoms with Crippen molar-refractivity contribution < 1.29 is 9.59 Å². The lowest BCUT2D eigenvalue weighted by Gasteiger charge is -2.26. The zero-order valence-electron chi connectivity index (χ0n) is 17.0. The predicted octanol–water partition coefficient (Wildman–Crippen LogP) is 4.81. The van der Waals surface area contributed by atoms with E-state index in [1.54, 1.807) is 0 Å². The highest BCUT2D eigenvalue weighted by Crippen LogP contribution is 2.28. The average Bonchev–Trinajstić information content (AvgIpc) is 2.78. The molecule has 1 unspecified atom stereocenters. The number of benzene rings is 3. The number of anilines is 1. The number of nitrogens with zero attached hydrogens (tertiary/aromatic N) is 1. The van der Waals surface area contributed by atoms with Crippen molar-refractivity contribution in [3.63, 3.8) is 0 Å². The van der Waals surface area contributed by atoms with Crippen LogP contribution in [0, 0.1) is 5.92 Å². The molecule has 0 radical (unpaired) electrons. The highest BCUT2D eigenvalue weighted by molar-refractivity contribution is 5.96. The summed E-state index contributed by atoms with van der Waals surface area (Å²) in [7, 11) is 0. The number of para-hydroxylation sites is 1. The van der Waals surface area contributed by atoms with Crippen LogP contribution in [-0.4, -0.2) is 16.7 Å². The Labute approximate surface area is 177 Å². The van der Waals surface area contributed by atoms with E-state index in [4.69, 9.17) is 0 Å². The van der Waals surface area contributed by atoms with Crippen molar-refractivity contribution in [3.8, 4) is 0 Å². The van der Waals surface area contributed by atoms with Crippen LogP contribution in [0.25, 0.3) is 0 Å². The van der Waals surface area contributed by atoms with Crippen molar-refractivity contribution >= 4 is 17.5 Å². The number of rotatable bonds is 7. The van der Waals surface area contributed by atoms with Gasteiger partial charge in [0.05, 0.1) is 0 Å². The maximum atomic E-state index is 13.1. The normalized spacial score (nSPS) is 15.2. The summed E-state index contributed by atoms with van der Waals surface area (Å²) in [5.74, 6) is -0.0762. The lowest BCUT2D eigenvalue weighted by molar-refractivity contribution is -0.133. The molecule has 1 atom stereocenters. The Kier molecular flexibility index (Phi) is 6.23. The highest BCUT2D eigenvalue weighted by Gasteiger charge is 2.27. The van der Waals surface area contributed by atoms with Crippen molar-refractivity contribution in [2.24, 2.45) is 5.92 Å². The zero-order valence-corrected chi connectivity index (χ0v) is 17.0. The van der Waals surface area contributed by atoms with Gasteiger partial charge in [0.2, 0.25) is 11.8 Å². The van der Waals surface area contributed by atoms with Crippen molar-refractivity contribution in [3.05, 3.63) is 102 Å². The molecule has 0 fully saturated rings. The van der Waals surface area contributed by atoms with Gasteiger partial charge < -0.3 is 10.2 Å². The van der Waals surface area contributed by atoms with Crippen LogP contribution in [0.3, 0.4) is 0 Å². The van der Waals surface area contributed by atoms with Gasteiger partial charge in [-0.25, -0.2) is 0 Å². The van der Waals surface area contributed by atoms with Crippen LogP contribution in [0.5, 0.6) is 0 Å². The van der Waals surface area contributed by atoms with E-state index in [0.29, 0.717) is 32.4 Å². The molecule has 4 rings (SSSR count). The first-order chi connectivity index (χ1) is 14.7. The standard InChI is InChI=1S/C26H26N2O2/c29-25(16-15-23-17-22-13-7-8-14-24(22)27-26(23)30)28(18-20-9-3-1-4-10-20)19-21-11-5-2-6-12-21/h1-14,23H,15-19H2,(H,27,30). The maximum Gasteiger partial charge on any atom is 0.227 e. The quantitative estimate of drug-likeness (QED) is 0.621. The number of amides is 2. The molecule has 4 nitrogen and oxygen atoms in total. The first kappa shape index (κ1) is 19.9. The van der Waals surface area contributed by atoms with Gasteiger partial charge in [-0.2, -0.15) is 0 Å². The average molecular weight is 399 g/mol. The molecule has 4 heteroatoms. The molecule has 0 spiro atoms.